The number of carbonyl (C=O) groups is 1. The molecule has 142 valence electrons. The number of fused-ring (bicyclic) bond motifs is 5. The molecule has 2 nitrogen and oxygen atoms in total. The number of hydrogen-bond acceptors (Lipinski definition) is 2. The number of hydrogen-bond donors (Lipinski definition) is 0. The van der Waals surface area contributed by atoms with Gasteiger partial charge in [-0.2, -0.15) is 0 Å². The van der Waals surface area contributed by atoms with Crippen molar-refractivity contribution < 1.29 is 9.53 Å². The molecule has 0 aromatic rings. The van der Waals surface area contributed by atoms with Gasteiger partial charge in [0.25, 0.3) is 0 Å². The highest BCUT2D eigenvalue weighted by molar-refractivity contribution is 5.87. The Morgan fingerprint density at radius 3 is 2.68 bits per heavy atom. The van der Waals surface area contributed by atoms with Crippen molar-refractivity contribution in [1.82, 2.24) is 0 Å². The average molecular weight is 347 g/mol. The van der Waals surface area contributed by atoms with E-state index in [4.69, 9.17) is 4.74 Å². The fourth-order valence-corrected chi connectivity index (χ4v) is 7.54. The van der Waals surface area contributed by atoms with Gasteiger partial charge in [0.15, 0.2) is 0 Å². The summed E-state index contributed by atoms with van der Waals surface area (Å²) < 4.78 is 6.21. The van der Waals surface area contributed by atoms with Crippen LogP contribution in [0.2, 0.25) is 0 Å². The van der Waals surface area contributed by atoms with E-state index >= 15 is 0 Å². The molecule has 7 atom stereocenters. The van der Waals surface area contributed by atoms with Crippen molar-refractivity contribution in [3.8, 4) is 0 Å². The van der Waals surface area contributed by atoms with Gasteiger partial charge in [-0.3, -0.25) is 4.79 Å². The summed E-state index contributed by atoms with van der Waals surface area (Å²) >= 11 is 0. The monoisotopic (exact) mass is 346 g/mol. The molecule has 0 spiro atoms. The highest BCUT2D eigenvalue weighted by atomic mass is 16.5. The summed E-state index contributed by atoms with van der Waals surface area (Å²) in [7, 11) is 0. The molecule has 4 aliphatic rings. The number of unbranched alkanes of at least 4 members (excludes halogenated alkanes) is 1. The van der Waals surface area contributed by atoms with Gasteiger partial charge < -0.3 is 4.74 Å². The predicted molar refractivity (Wildman–Crippen MR) is 101 cm³/mol. The van der Waals surface area contributed by atoms with Crippen LogP contribution in [-0.2, 0) is 9.53 Å². The molecule has 4 rings (SSSR count). The first kappa shape index (κ1) is 18.0. The molecule has 0 radical (unpaired) electrons. The van der Waals surface area contributed by atoms with Gasteiger partial charge in [-0.15, -0.1) is 0 Å². The summed E-state index contributed by atoms with van der Waals surface area (Å²) in [6.45, 7) is 8.11. The SMILES string of the molecule is CCCCO[C@H]1CC[C@@]2(C)C(CCC3C2CC[C@]2(C)C(=O)CCC32)C1. The summed E-state index contributed by atoms with van der Waals surface area (Å²) in [5.41, 5.74) is 0.547. The minimum absolute atomic E-state index is 0.0326. The standard InChI is InChI=1S/C23H38O2/c1-4-5-14-25-17-10-12-22(2)16(15-17)6-7-18-19-8-9-21(24)23(19,3)13-11-20(18)22/h16-20H,4-15H2,1-3H3/t16?,17-,18?,19?,20?,22-,23-/m0/s1. The molecule has 0 amide bonds. The first-order chi connectivity index (χ1) is 12.0. The van der Waals surface area contributed by atoms with Gasteiger partial charge in [0, 0.05) is 18.4 Å². The largest absolute Gasteiger partial charge is 0.378 e. The van der Waals surface area contributed by atoms with Crippen LogP contribution in [0.1, 0.15) is 91.4 Å². The van der Waals surface area contributed by atoms with Crippen LogP contribution in [0.15, 0.2) is 0 Å². The molecule has 0 heterocycles. The molecule has 25 heavy (non-hydrogen) atoms. The van der Waals surface area contributed by atoms with E-state index in [2.05, 4.69) is 20.8 Å². The zero-order chi connectivity index (χ0) is 17.7. The van der Waals surface area contributed by atoms with Gasteiger partial charge in [-0.05, 0) is 86.9 Å². The van der Waals surface area contributed by atoms with Gasteiger partial charge in [0.1, 0.15) is 5.78 Å². The van der Waals surface area contributed by atoms with Crippen LogP contribution in [0.4, 0.5) is 0 Å². The van der Waals surface area contributed by atoms with Crippen LogP contribution in [0, 0.1) is 34.5 Å². The van der Waals surface area contributed by atoms with Gasteiger partial charge in [-0.1, -0.05) is 27.2 Å². The van der Waals surface area contributed by atoms with E-state index in [1.165, 1.54) is 57.8 Å². The zero-order valence-corrected chi connectivity index (χ0v) is 16.7. The van der Waals surface area contributed by atoms with Gasteiger partial charge >= 0.3 is 0 Å². The van der Waals surface area contributed by atoms with E-state index in [1.807, 2.05) is 0 Å². The summed E-state index contributed by atoms with van der Waals surface area (Å²) in [5.74, 6) is 3.82. The van der Waals surface area contributed by atoms with Crippen molar-refractivity contribution in [1.29, 1.82) is 0 Å². The lowest BCUT2D eigenvalue weighted by Crippen LogP contribution is -2.54. The van der Waals surface area contributed by atoms with E-state index in [9.17, 15) is 4.79 Å². The lowest BCUT2D eigenvalue weighted by Gasteiger charge is -2.60. The Balaban J connectivity index is 1.46. The number of Topliss-reactive ketones (excluding diaryl/α,β-unsaturated/α-hetero) is 1. The van der Waals surface area contributed by atoms with Crippen molar-refractivity contribution in [2.24, 2.45) is 34.5 Å². The molecular formula is C23H38O2. The quantitative estimate of drug-likeness (QED) is 0.603. The highest BCUT2D eigenvalue weighted by Crippen LogP contribution is 2.65. The lowest BCUT2D eigenvalue weighted by atomic mass is 9.45. The number of rotatable bonds is 4. The summed E-state index contributed by atoms with van der Waals surface area (Å²) in [4.78, 5) is 12.5. The lowest BCUT2D eigenvalue weighted by molar-refractivity contribution is -0.145. The minimum atomic E-state index is 0.0326. The molecule has 4 aliphatic carbocycles. The Hall–Kier alpha value is -0.370. The molecule has 0 aromatic carbocycles. The molecule has 4 unspecified atom stereocenters. The molecule has 0 N–H and O–H groups in total. The van der Waals surface area contributed by atoms with Crippen molar-refractivity contribution in [2.45, 2.75) is 97.5 Å². The topological polar surface area (TPSA) is 26.3 Å². The van der Waals surface area contributed by atoms with Gasteiger partial charge in [0.05, 0.1) is 6.10 Å². The summed E-state index contributed by atoms with van der Waals surface area (Å²) in [6, 6.07) is 0. The Morgan fingerprint density at radius 1 is 1.04 bits per heavy atom. The third-order valence-corrected chi connectivity index (χ3v) is 9.18. The average Bonchev–Trinajstić information content (AvgIpc) is 2.90. The van der Waals surface area contributed by atoms with Crippen LogP contribution in [0.3, 0.4) is 0 Å². The van der Waals surface area contributed by atoms with Crippen LogP contribution in [0.5, 0.6) is 0 Å². The van der Waals surface area contributed by atoms with Crippen LogP contribution >= 0.6 is 0 Å². The molecule has 0 aliphatic heterocycles. The van der Waals surface area contributed by atoms with Crippen LogP contribution < -0.4 is 0 Å². The van der Waals surface area contributed by atoms with E-state index < -0.39 is 0 Å². The highest BCUT2D eigenvalue weighted by Gasteiger charge is 2.60. The fourth-order valence-electron chi connectivity index (χ4n) is 7.54. The number of ether oxygens (including phenoxy) is 1. The molecular weight excluding hydrogens is 308 g/mol. The van der Waals surface area contributed by atoms with Crippen molar-refractivity contribution in [3.63, 3.8) is 0 Å². The van der Waals surface area contributed by atoms with Crippen molar-refractivity contribution in [3.05, 3.63) is 0 Å². The zero-order valence-electron chi connectivity index (χ0n) is 16.7. The van der Waals surface area contributed by atoms with E-state index in [1.54, 1.807) is 0 Å². The predicted octanol–water partition coefficient (Wildman–Crippen LogP) is 5.78. The third-order valence-electron chi connectivity index (χ3n) is 9.18. The molecule has 0 saturated heterocycles. The summed E-state index contributed by atoms with van der Waals surface area (Å²) in [5, 5.41) is 0. The molecule has 0 bridgehead atoms. The second-order valence-electron chi connectivity index (χ2n) is 10.2. The maximum atomic E-state index is 12.5. The Bertz CT molecular complexity index is 514. The third kappa shape index (κ3) is 2.82. The second kappa shape index (κ2) is 6.66. The maximum absolute atomic E-state index is 12.5. The van der Waals surface area contributed by atoms with E-state index in [-0.39, 0.29) is 5.41 Å². The van der Waals surface area contributed by atoms with Gasteiger partial charge in [0.2, 0.25) is 0 Å². The minimum Gasteiger partial charge on any atom is -0.378 e. The number of ketones is 1. The van der Waals surface area contributed by atoms with E-state index in [0.717, 1.165) is 37.2 Å². The molecule has 4 fully saturated rings. The fraction of sp³-hybridized carbons (Fsp3) is 0.957. The van der Waals surface area contributed by atoms with Gasteiger partial charge in [-0.25, -0.2) is 0 Å². The second-order valence-corrected chi connectivity index (χ2v) is 10.2. The maximum Gasteiger partial charge on any atom is 0.139 e. The first-order valence-electron chi connectivity index (χ1n) is 11.1. The summed E-state index contributed by atoms with van der Waals surface area (Å²) in [6.07, 6.45) is 14.1. The molecule has 4 saturated carbocycles. The Morgan fingerprint density at radius 2 is 1.88 bits per heavy atom. The Kier molecular flexibility index (Phi) is 4.80. The van der Waals surface area contributed by atoms with E-state index in [0.29, 0.717) is 23.2 Å². The van der Waals surface area contributed by atoms with Crippen LogP contribution in [-0.4, -0.2) is 18.5 Å². The smallest absolute Gasteiger partial charge is 0.139 e. The molecule has 2 heteroatoms. The van der Waals surface area contributed by atoms with Crippen LogP contribution in [0.25, 0.3) is 0 Å². The van der Waals surface area contributed by atoms with Crippen molar-refractivity contribution >= 4 is 5.78 Å². The number of carbonyl (C=O) groups excluding carboxylic acids is 1. The van der Waals surface area contributed by atoms with Crippen molar-refractivity contribution in [2.75, 3.05) is 6.61 Å². The Labute approximate surface area is 154 Å². The first-order valence-corrected chi connectivity index (χ1v) is 11.1. The normalized spacial score (nSPS) is 49.4. The molecule has 0 aromatic heterocycles.